The Morgan fingerprint density at radius 1 is 1.35 bits per heavy atom. The number of imidazole rings is 1. The second-order valence-corrected chi connectivity index (χ2v) is 5.73. The third kappa shape index (κ3) is 1.99. The summed E-state index contributed by atoms with van der Waals surface area (Å²) in [6.07, 6.45) is 6.22. The monoisotopic (exact) mass is 276 g/mol. The van der Waals surface area contributed by atoms with E-state index in [0.717, 1.165) is 31.5 Å². The first-order valence-corrected chi connectivity index (χ1v) is 7.26. The van der Waals surface area contributed by atoms with E-state index in [2.05, 4.69) is 11.9 Å². The topological polar surface area (TPSA) is 81.2 Å². The molecule has 0 aliphatic carbocycles. The zero-order valence-electron chi connectivity index (χ0n) is 11.7. The van der Waals surface area contributed by atoms with Crippen LogP contribution in [0.25, 0.3) is 0 Å². The van der Waals surface area contributed by atoms with Gasteiger partial charge in [0.2, 0.25) is 5.91 Å². The van der Waals surface area contributed by atoms with Gasteiger partial charge in [0.05, 0.1) is 6.20 Å². The van der Waals surface area contributed by atoms with Crippen LogP contribution in [0.1, 0.15) is 55.0 Å². The van der Waals surface area contributed by atoms with Crippen LogP contribution >= 0.6 is 0 Å². The van der Waals surface area contributed by atoms with Gasteiger partial charge in [-0.25, -0.2) is 4.98 Å². The molecule has 2 atom stereocenters. The third-order valence-corrected chi connectivity index (χ3v) is 4.40. The van der Waals surface area contributed by atoms with Gasteiger partial charge in [0.25, 0.3) is 5.91 Å². The van der Waals surface area contributed by atoms with Gasteiger partial charge in [-0.1, -0.05) is 0 Å². The Bertz CT molecular complexity index is 551. The minimum absolute atomic E-state index is 0.112. The van der Waals surface area contributed by atoms with Crippen molar-refractivity contribution < 1.29 is 9.59 Å². The van der Waals surface area contributed by atoms with E-state index in [-0.39, 0.29) is 11.9 Å². The summed E-state index contributed by atoms with van der Waals surface area (Å²) in [5.41, 5.74) is 5.99. The van der Waals surface area contributed by atoms with Gasteiger partial charge in [-0.05, 0) is 32.6 Å². The normalized spacial score (nSPS) is 25.6. The molecular formula is C14H20N4O2. The van der Waals surface area contributed by atoms with E-state index in [4.69, 9.17) is 5.73 Å². The second-order valence-electron chi connectivity index (χ2n) is 5.73. The minimum Gasteiger partial charge on any atom is -0.368 e. The van der Waals surface area contributed by atoms with Crippen molar-refractivity contribution in [3.05, 3.63) is 17.7 Å². The lowest BCUT2D eigenvalue weighted by atomic mass is 10.1. The number of nitrogens with zero attached hydrogens (tertiary/aromatic N) is 3. The van der Waals surface area contributed by atoms with E-state index in [1.807, 2.05) is 4.57 Å². The third-order valence-electron chi connectivity index (χ3n) is 4.40. The average molecular weight is 276 g/mol. The van der Waals surface area contributed by atoms with E-state index >= 15 is 0 Å². The summed E-state index contributed by atoms with van der Waals surface area (Å²) in [6, 6.07) is -0.178. The summed E-state index contributed by atoms with van der Waals surface area (Å²) in [7, 11) is 0. The van der Waals surface area contributed by atoms with Gasteiger partial charge >= 0.3 is 0 Å². The quantitative estimate of drug-likeness (QED) is 0.870. The Morgan fingerprint density at radius 3 is 2.90 bits per heavy atom. The number of primary amides is 1. The predicted octanol–water partition coefficient (Wildman–Crippen LogP) is 0.870. The highest BCUT2D eigenvalue weighted by Gasteiger charge is 2.35. The molecule has 108 valence electrons. The lowest BCUT2D eigenvalue weighted by molar-refractivity contribution is -0.121. The number of carbonyl (C=O) groups excluding carboxylic acids is 2. The second kappa shape index (κ2) is 4.92. The Morgan fingerprint density at radius 2 is 2.15 bits per heavy atom. The van der Waals surface area contributed by atoms with Gasteiger partial charge < -0.3 is 15.2 Å². The molecule has 1 unspecified atom stereocenters. The van der Waals surface area contributed by atoms with Crippen LogP contribution in [0.3, 0.4) is 0 Å². The summed E-state index contributed by atoms with van der Waals surface area (Å²) in [5.74, 6) is 0.447. The van der Waals surface area contributed by atoms with Gasteiger partial charge in [0, 0.05) is 19.0 Å². The molecule has 2 N–H and O–H groups in total. The highest BCUT2D eigenvalue weighted by Crippen LogP contribution is 2.28. The molecule has 6 nitrogen and oxygen atoms in total. The van der Waals surface area contributed by atoms with Crippen LogP contribution < -0.4 is 5.73 Å². The Hall–Kier alpha value is -1.85. The summed E-state index contributed by atoms with van der Waals surface area (Å²) >= 11 is 0. The number of amides is 2. The van der Waals surface area contributed by atoms with E-state index in [9.17, 15) is 9.59 Å². The number of rotatable bonds is 2. The molecule has 1 aromatic rings. The van der Waals surface area contributed by atoms with Crippen molar-refractivity contribution in [3.8, 4) is 0 Å². The molecule has 2 aliphatic heterocycles. The van der Waals surface area contributed by atoms with Gasteiger partial charge in [0.15, 0.2) is 0 Å². The number of hydrogen-bond acceptors (Lipinski definition) is 3. The number of carbonyl (C=O) groups is 2. The fourth-order valence-electron chi connectivity index (χ4n) is 3.37. The van der Waals surface area contributed by atoms with Crippen LogP contribution in [0.2, 0.25) is 0 Å². The molecule has 0 saturated carbocycles. The lowest BCUT2D eigenvalue weighted by Crippen LogP contribution is -2.44. The first-order chi connectivity index (χ1) is 9.59. The molecule has 2 amide bonds. The van der Waals surface area contributed by atoms with Gasteiger partial charge in [-0.15, -0.1) is 0 Å². The van der Waals surface area contributed by atoms with Crippen LogP contribution in [0.5, 0.6) is 0 Å². The molecule has 1 aromatic heterocycles. The molecule has 0 aromatic carbocycles. The highest BCUT2D eigenvalue weighted by atomic mass is 16.2. The fraction of sp³-hybridized carbons (Fsp3) is 0.643. The first kappa shape index (κ1) is 13.1. The van der Waals surface area contributed by atoms with Crippen LogP contribution in [0, 0.1) is 0 Å². The lowest BCUT2D eigenvalue weighted by Gasteiger charge is -2.27. The minimum atomic E-state index is -0.465. The van der Waals surface area contributed by atoms with Crippen molar-refractivity contribution in [3.63, 3.8) is 0 Å². The zero-order chi connectivity index (χ0) is 14.3. The molecule has 20 heavy (non-hydrogen) atoms. The van der Waals surface area contributed by atoms with E-state index in [0.29, 0.717) is 18.7 Å². The largest absolute Gasteiger partial charge is 0.368 e. The molecule has 0 bridgehead atoms. The molecule has 2 aliphatic rings. The van der Waals surface area contributed by atoms with Gasteiger partial charge in [0.1, 0.15) is 17.6 Å². The summed E-state index contributed by atoms with van der Waals surface area (Å²) < 4.78 is 2.03. The van der Waals surface area contributed by atoms with E-state index < -0.39 is 11.9 Å². The van der Waals surface area contributed by atoms with Crippen molar-refractivity contribution >= 4 is 11.8 Å². The number of fused-ring (bicyclic) bond motifs is 1. The van der Waals surface area contributed by atoms with Gasteiger partial charge in [-0.2, -0.15) is 0 Å². The maximum atomic E-state index is 12.7. The van der Waals surface area contributed by atoms with Gasteiger partial charge in [-0.3, -0.25) is 9.59 Å². The Labute approximate surface area is 117 Å². The van der Waals surface area contributed by atoms with Crippen molar-refractivity contribution in [2.75, 3.05) is 6.54 Å². The number of aryl methyl sites for hydroxylation is 1. The molecule has 1 saturated heterocycles. The number of likely N-dealkylation sites (tertiary alicyclic amines) is 1. The molecule has 1 fully saturated rings. The van der Waals surface area contributed by atoms with Crippen LogP contribution in [0.15, 0.2) is 6.20 Å². The molecule has 6 heteroatoms. The smallest absolute Gasteiger partial charge is 0.272 e. The van der Waals surface area contributed by atoms with Crippen molar-refractivity contribution in [1.82, 2.24) is 14.5 Å². The molecule has 0 spiro atoms. The molecule has 3 heterocycles. The van der Waals surface area contributed by atoms with Crippen molar-refractivity contribution in [1.29, 1.82) is 0 Å². The van der Waals surface area contributed by atoms with Crippen LogP contribution in [0.4, 0.5) is 0 Å². The average Bonchev–Trinajstić information content (AvgIpc) is 3.05. The molecule has 3 rings (SSSR count). The summed E-state index contributed by atoms with van der Waals surface area (Å²) in [5, 5.41) is 0. The van der Waals surface area contributed by atoms with E-state index in [1.54, 1.807) is 11.1 Å². The zero-order valence-corrected chi connectivity index (χ0v) is 11.7. The highest BCUT2D eigenvalue weighted by molar-refractivity contribution is 5.96. The van der Waals surface area contributed by atoms with Crippen molar-refractivity contribution in [2.45, 2.75) is 51.1 Å². The molecular weight excluding hydrogens is 256 g/mol. The Balaban J connectivity index is 1.92. The first-order valence-electron chi connectivity index (χ1n) is 7.26. The van der Waals surface area contributed by atoms with E-state index in [1.165, 1.54) is 0 Å². The SMILES string of the molecule is CC1CCCc2ncc(C(=O)N3CCC[C@@H]3C(N)=O)n21. The Kier molecular flexibility index (Phi) is 3.23. The summed E-state index contributed by atoms with van der Waals surface area (Å²) in [6.45, 7) is 2.71. The summed E-state index contributed by atoms with van der Waals surface area (Å²) in [4.78, 5) is 30.1. The van der Waals surface area contributed by atoms with Crippen molar-refractivity contribution in [2.24, 2.45) is 5.73 Å². The van der Waals surface area contributed by atoms with Crippen LogP contribution in [-0.4, -0.2) is 38.9 Å². The maximum Gasteiger partial charge on any atom is 0.272 e. The predicted molar refractivity (Wildman–Crippen MR) is 73.1 cm³/mol. The number of nitrogens with two attached hydrogens (primary N) is 1. The maximum absolute atomic E-state index is 12.7. The fourth-order valence-corrected chi connectivity index (χ4v) is 3.37. The number of hydrogen-bond donors (Lipinski definition) is 1. The molecule has 0 radical (unpaired) electrons. The standard InChI is InChI=1S/C14H20N4O2/c1-9-4-2-6-12-16-8-11(18(9)12)14(20)17-7-3-5-10(17)13(15)19/h8-10H,2-7H2,1H3,(H2,15,19)/t9?,10-/m1/s1. The number of aromatic nitrogens is 2. The van der Waals surface area contributed by atoms with Crippen LogP contribution in [-0.2, 0) is 11.2 Å².